The summed E-state index contributed by atoms with van der Waals surface area (Å²) in [6, 6.07) is 4.94. The van der Waals surface area contributed by atoms with E-state index in [1.807, 2.05) is 6.92 Å². The first-order valence-corrected chi connectivity index (χ1v) is 7.65. The van der Waals surface area contributed by atoms with E-state index in [1.54, 1.807) is 25.1 Å². The lowest BCUT2D eigenvalue weighted by atomic mass is 10.1. The molecule has 0 saturated heterocycles. The Hall–Kier alpha value is -3.10. The zero-order valence-electron chi connectivity index (χ0n) is 14.2. The number of H-pyrrole nitrogens is 1. The summed E-state index contributed by atoms with van der Waals surface area (Å²) < 4.78 is 20.4. The fraction of sp³-hybridized carbons (Fsp3) is 0.375. The standard InChI is InChI=1S/C16H19N3O6/c1-4-23-12-8-10(6-7-11(12)25-9-13(20)22-3)14-15(18-19-17-14)16(21)24-5-2/h6-8H,4-5,9H2,1-3H3,(H,17,18,19). The molecule has 0 aliphatic heterocycles. The Morgan fingerprint density at radius 3 is 2.56 bits per heavy atom. The van der Waals surface area contributed by atoms with Crippen LogP contribution in [0.5, 0.6) is 11.5 Å². The Balaban J connectivity index is 2.31. The van der Waals surface area contributed by atoms with Gasteiger partial charge in [-0.3, -0.25) is 0 Å². The minimum atomic E-state index is -0.574. The molecule has 0 atom stereocenters. The molecule has 1 heterocycles. The normalized spacial score (nSPS) is 10.2. The Kier molecular flexibility index (Phi) is 6.33. The van der Waals surface area contributed by atoms with Crippen molar-refractivity contribution < 1.29 is 28.5 Å². The molecule has 2 rings (SSSR count). The zero-order chi connectivity index (χ0) is 18.2. The van der Waals surface area contributed by atoms with Gasteiger partial charge in [0.2, 0.25) is 0 Å². The van der Waals surface area contributed by atoms with Crippen molar-refractivity contribution in [2.45, 2.75) is 13.8 Å². The first-order valence-electron chi connectivity index (χ1n) is 7.65. The zero-order valence-corrected chi connectivity index (χ0v) is 14.2. The number of hydrogen-bond acceptors (Lipinski definition) is 8. The number of carbonyl (C=O) groups is 2. The maximum atomic E-state index is 11.9. The van der Waals surface area contributed by atoms with Crippen molar-refractivity contribution in [3.8, 4) is 22.8 Å². The monoisotopic (exact) mass is 349 g/mol. The highest BCUT2D eigenvalue weighted by Crippen LogP contribution is 2.33. The fourth-order valence-corrected chi connectivity index (χ4v) is 2.01. The van der Waals surface area contributed by atoms with E-state index in [1.165, 1.54) is 7.11 Å². The van der Waals surface area contributed by atoms with Gasteiger partial charge in [-0.2, -0.15) is 10.3 Å². The summed E-state index contributed by atoms with van der Waals surface area (Å²) in [7, 11) is 1.28. The third-order valence-corrected chi connectivity index (χ3v) is 3.11. The summed E-state index contributed by atoms with van der Waals surface area (Å²) in [4.78, 5) is 23.2. The Morgan fingerprint density at radius 1 is 1.08 bits per heavy atom. The van der Waals surface area contributed by atoms with Gasteiger partial charge in [0.15, 0.2) is 23.8 Å². The second-order valence-electron chi connectivity index (χ2n) is 4.70. The smallest absolute Gasteiger partial charge is 0.361 e. The van der Waals surface area contributed by atoms with E-state index in [2.05, 4.69) is 20.1 Å². The lowest BCUT2D eigenvalue weighted by Crippen LogP contribution is -2.13. The molecule has 2 aromatic rings. The van der Waals surface area contributed by atoms with E-state index in [0.717, 1.165) is 0 Å². The van der Waals surface area contributed by atoms with Crippen LogP contribution in [0.4, 0.5) is 0 Å². The highest BCUT2D eigenvalue weighted by molar-refractivity contribution is 5.94. The molecule has 9 heteroatoms. The van der Waals surface area contributed by atoms with Gasteiger partial charge in [-0.1, -0.05) is 0 Å². The number of nitrogens with one attached hydrogen (secondary N) is 1. The predicted octanol–water partition coefficient (Wildman–Crippen LogP) is 1.60. The molecular weight excluding hydrogens is 330 g/mol. The number of aromatic amines is 1. The predicted molar refractivity (Wildman–Crippen MR) is 86.5 cm³/mol. The summed E-state index contributed by atoms with van der Waals surface area (Å²) >= 11 is 0. The number of carbonyl (C=O) groups excluding carboxylic acids is 2. The van der Waals surface area contributed by atoms with E-state index >= 15 is 0 Å². The molecule has 1 aromatic heterocycles. The molecule has 0 saturated carbocycles. The molecule has 134 valence electrons. The van der Waals surface area contributed by atoms with Crippen LogP contribution in [0.3, 0.4) is 0 Å². The van der Waals surface area contributed by atoms with Crippen LogP contribution in [-0.4, -0.2) is 54.3 Å². The van der Waals surface area contributed by atoms with E-state index in [0.29, 0.717) is 29.4 Å². The van der Waals surface area contributed by atoms with Crippen LogP contribution < -0.4 is 9.47 Å². The molecule has 0 amide bonds. The molecule has 9 nitrogen and oxygen atoms in total. The van der Waals surface area contributed by atoms with Crippen LogP contribution in [0.15, 0.2) is 18.2 Å². The quantitative estimate of drug-likeness (QED) is 0.715. The second kappa shape index (κ2) is 8.67. The van der Waals surface area contributed by atoms with Gasteiger partial charge < -0.3 is 18.9 Å². The van der Waals surface area contributed by atoms with E-state index in [-0.39, 0.29) is 18.9 Å². The van der Waals surface area contributed by atoms with Crippen molar-refractivity contribution in [3.63, 3.8) is 0 Å². The van der Waals surface area contributed by atoms with Gasteiger partial charge in [0, 0.05) is 5.56 Å². The van der Waals surface area contributed by atoms with Crippen molar-refractivity contribution in [1.82, 2.24) is 15.4 Å². The van der Waals surface area contributed by atoms with Crippen LogP contribution in [-0.2, 0) is 14.3 Å². The number of benzene rings is 1. The summed E-state index contributed by atoms with van der Waals surface area (Å²) in [5.74, 6) is -0.304. The highest BCUT2D eigenvalue weighted by atomic mass is 16.6. The summed E-state index contributed by atoms with van der Waals surface area (Å²) in [5.41, 5.74) is 0.997. The van der Waals surface area contributed by atoms with Crippen LogP contribution in [0.2, 0.25) is 0 Å². The number of hydrogen-bond donors (Lipinski definition) is 1. The minimum absolute atomic E-state index is 0.0764. The number of ether oxygens (including phenoxy) is 4. The minimum Gasteiger partial charge on any atom is -0.490 e. The average Bonchev–Trinajstić information content (AvgIpc) is 3.10. The molecule has 0 bridgehead atoms. The molecule has 1 N–H and O–H groups in total. The fourth-order valence-electron chi connectivity index (χ4n) is 2.01. The van der Waals surface area contributed by atoms with Crippen molar-refractivity contribution in [3.05, 3.63) is 23.9 Å². The molecule has 0 radical (unpaired) electrons. The molecule has 0 unspecified atom stereocenters. The van der Waals surface area contributed by atoms with Gasteiger partial charge >= 0.3 is 11.9 Å². The van der Waals surface area contributed by atoms with Crippen LogP contribution in [0, 0.1) is 0 Å². The number of aromatic nitrogens is 3. The first kappa shape index (κ1) is 18.2. The lowest BCUT2D eigenvalue weighted by molar-refractivity contribution is -0.142. The summed E-state index contributed by atoms with van der Waals surface area (Å²) in [6.07, 6.45) is 0. The number of rotatable bonds is 8. The maximum Gasteiger partial charge on any atom is 0.361 e. The van der Waals surface area contributed by atoms with Crippen LogP contribution >= 0.6 is 0 Å². The number of nitrogens with zero attached hydrogens (tertiary/aromatic N) is 2. The van der Waals surface area contributed by atoms with Crippen molar-refractivity contribution >= 4 is 11.9 Å². The van der Waals surface area contributed by atoms with Crippen molar-refractivity contribution in [1.29, 1.82) is 0 Å². The Morgan fingerprint density at radius 2 is 1.88 bits per heavy atom. The molecule has 1 aromatic carbocycles. The van der Waals surface area contributed by atoms with E-state index in [4.69, 9.17) is 14.2 Å². The van der Waals surface area contributed by atoms with E-state index < -0.39 is 11.9 Å². The third-order valence-electron chi connectivity index (χ3n) is 3.11. The average molecular weight is 349 g/mol. The van der Waals surface area contributed by atoms with E-state index in [9.17, 15) is 9.59 Å². The third kappa shape index (κ3) is 4.46. The van der Waals surface area contributed by atoms with Gasteiger partial charge in [0.05, 0.1) is 20.3 Å². The Bertz CT molecular complexity index is 743. The van der Waals surface area contributed by atoms with Gasteiger partial charge in [-0.15, -0.1) is 5.10 Å². The van der Waals surface area contributed by atoms with Crippen molar-refractivity contribution in [2.24, 2.45) is 0 Å². The molecule has 0 spiro atoms. The van der Waals surface area contributed by atoms with Gasteiger partial charge in [-0.05, 0) is 32.0 Å². The van der Waals surface area contributed by atoms with Gasteiger partial charge in [-0.25, -0.2) is 9.59 Å². The van der Waals surface area contributed by atoms with Gasteiger partial charge in [0.1, 0.15) is 5.69 Å². The Labute approximate surface area is 144 Å². The van der Waals surface area contributed by atoms with Crippen molar-refractivity contribution in [2.75, 3.05) is 26.9 Å². The molecule has 0 aliphatic rings. The largest absolute Gasteiger partial charge is 0.490 e. The first-order chi connectivity index (χ1) is 12.1. The molecule has 25 heavy (non-hydrogen) atoms. The lowest BCUT2D eigenvalue weighted by Gasteiger charge is -2.12. The van der Waals surface area contributed by atoms with Crippen LogP contribution in [0.1, 0.15) is 24.3 Å². The summed E-state index contributed by atoms with van der Waals surface area (Å²) in [5, 5.41) is 10.3. The SMILES string of the molecule is CCOC(=O)c1n[nH]nc1-c1ccc(OCC(=O)OC)c(OCC)c1. The maximum absolute atomic E-state index is 11.9. The molecule has 0 fully saturated rings. The number of esters is 2. The summed E-state index contributed by atoms with van der Waals surface area (Å²) in [6.45, 7) is 3.90. The number of methoxy groups -OCH3 is 1. The topological polar surface area (TPSA) is 113 Å². The second-order valence-corrected chi connectivity index (χ2v) is 4.70. The molecular formula is C16H19N3O6. The molecule has 0 aliphatic carbocycles. The van der Waals surface area contributed by atoms with Crippen LogP contribution in [0.25, 0.3) is 11.3 Å². The van der Waals surface area contributed by atoms with Gasteiger partial charge in [0.25, 0.3) is 0 Å². The highest BCUT2D eigenvalue weighted by Gasteiger charge is 2.20.